The lowest BCUT2D eigenvalue weighted by Gasteiger charge is -2.37. The molecule has 0 saturated carbocycles. The van der Waals surface area contributed by atoms with Crippen LogP contribution in [0.2, 0.25) is 0 Å². The highest BCUT2D eigenvalue weighted by molar-refractivity contribution is 7.96. The molecule has 148 heavy (non-hydrogen) atoms. The number of amides is 2. The Labute approximate surface area is 829 Å². The molecule has 2 fully saturated rings. The van der Waals surface area contributed by atoms with Gasteiger partial charge in [0.25, 0.3) is 11.8 Å². The zero-order valence-corrected chi connectivity index (χ0v) is 80.5. The van der Waals surface area contributed by atoms with Gasteiger partial charge in [-0.2, -0.15) is 104 Å². The third-order valence-electron chi connectivity index (χ3n) is 25.5. The second-order valence-electron chi connectivity index (χ2n) is 34.1. The van der Waals surface area contributed by atoms with Crippen molar-refractivity contribution in [3.63, 3.8) is 0 Å². The monoisotopic (exact) mass is 2190 g/mol. The predicted octanol–water partition coefficient (Wildman–Crippen LogP) is 17.6. The van der Waals surface area contributed by atoms with Crippen molar-refractivity contribution in [1.82, 2.24) is 19.6 Å². The Morgan fingerprint density at radius 3 is 0.824 bits per heavy atom. The minimum atomic E-state index is -6.87. The Kier molecular flexibility index (Phi) is 28.5. The Balaban J connectivity index is 0.000000202. The number of piperazine rings is 2. The fraction of sp³-hybridized carbons (Fsp3) is 0.224. The molecule has 0 bridgehead atoms. The number of alkyl halides is 12. The van der Waals surface area contributed by atoms with Crippen LogP contribution in [0.3, 0.4) is 0 Å². The molecule has 2 amide bonds. The molecule has 0 atom stereocenters. The molecule has 0 aliphatic carbocycles. The molecular formula is C98H72F20N4O20P2S4+2. The smallest absolute Gasteiger partial charge is 0.450 e. The first-order valence-electron chi connectivity index (χ1n) is 44.2. The number of hydrogen-bond acceptors (Lipinski definition) is 22. The standard InChI is InChI=1S/2C49H36F10N2O10PS2/c50-37-27-35-41(39(52)43(37)70-73(64,65)48(54,55)56)68-42-36(28-38(51)44(40(42)53)71-74(66,67)49(57,58)59)47(35)34-19-18-29(26-33(34)46(63)69-47)45(62)61-23-21-60(22-24-61)20-10-11-25-72(30-12-4-1-5-13-30,31-14-6-2-7-15-31)32-16-8-3-9-17-32;50-37-27-35-41(39(52)43(37)70-73(64,65)48(54,55)56)68-42-36(28-38(51)44(40(42)53)71-74(66,67)49(57,58)59)47(35)34-26-29(18-19-33(34)46(63)69-47)45(62)61-23-21-60(22-24-61)20-10-11-25-72(30-12-4-1-5-13-30,31-14-6-2-7-15-31)32-16-8-3-9-17-32/h2*1-9,12-19,26-28H,10-11,20-25H2/q2*+1. The van der Waals surface area contributed by atoms with Crippen molar-refractivity contribution in [2.45, 2.75) is 58.9 Å². The third-order valence-corrected chi connectivity index (χ3v) is 38.4. The summed E-state index contributed by atoms with van der Waals surface area (Å²) in [5, 5.41) is 7.49. The number of halogens is 20. The van der Waals surface area contributed by atoms with E-state index in [0.717, 1.165) is 74.4 Å². The van der Waals surface area contributed by atoms with Crippen molar-refractivity contribution >= 4 is 111 Å². The van der Waals surface area contributed by atoms with Gasteiger partial charge in [-0.1, -0.05) is 115 Å². The SMILES string of the molecule is O=C1OC2(c3cc(C(=O)N4CCN(CCCC[P+](c5ccccc5)(c5ccccc5)c5ccccc5)CC4)ccc31)c1cc(F)c(OS(=O)(=O)C(F)(F)F)c(F)c1Oc1c2cc(F)c(OS(=O)(=O)C(F)(F)F)c1F.O=C1OC2(c3ccc(C(=O)N4CCN(CCCC[P+](c5ccccc5)(c5ccccc5)c5ccccc5)CC4)cc31)c1cc(F)c(OS(=O)(=O)C(F)(F)F)c(F)c1Oc1c2cc(F)c(OS(=O)(=O)C(F)(F)F)c1F. The van der Waals surface area contributed by atoms with Gasteiger partial charge in [0.2, 0.25) is 46.3 Å². The molecule has 0 aromatic heterocycles. The molecule has 776 valence electrons. The summed E-state index contributed by atoms with van der Waals surface area (Å²) in [6, 6.07) is 68.6. The van der Waals surface area contributed by atoms with Crippen molar-refractivity contribution in [1.29, 1.82) is 0 Å². The van der Waals surface area contributed by atoms with Gasteiger partial charge < -0.3 is 45.5 Å². The largest absolute Gasteiger partial charge is 0.534 e. The van der Waals surface area contributed by atoms with E-state index in [9.17, 15) is 106 Å². The molecule has 12 aromatic carbocycles. The van der Waals surface area contributed by atoms with Gasteiger partial charge in [0.1, 0.15) is 46.4 Å². The second-order valence-corrected chi connectivity index (χ2v) is 47.5. The minimum Gasteiger partial charge on any atom is -0.450 e. The molecule has 0 N–H and O–H groups in total. The number of unbranched alkanes of at least 4 members (excludes halogenated alkanes) is 2. The summed E-state index contributed by atoms with van der Waals surface area (Å²) in [6.45, 7) is 3.84. The number of hydrogen-bond donors (Lipinski definition) is 0. The maximum absolute atomic E-state index is 16.3. The van der Waals surface area contributed by atoms with E-state index in [1.165, 1.54) is 41.6 Å². The van der Waals surface area contributed by atoms with Gasteiger partial charge in [-0.25, -0.2) is 27.2 Å². The molecule has 0 unspecified atom stereocenters. The highest BCUT2D eigenvalue weighted by Crippen LogP contribution is 2.64. The van der Waals surface area contributed by atoms with Crippen molar-refractivity contribution in [2.24, 2.45) is 0 Å². The lowest BCUT2D eigenvalue weighted by molar-refractivity contribution is -0.0507. The van der Waals surface area contributed by atoms with Crippen LogP contribution in [0.4, 0.5) is 87.8 Å². The summed E-state index contributed by atoms with van der Waals surface area (Å²) in [4.78, 5) is 63.0. The molecule has 6 aliphatic heterocycles. The molecular weight excluding hydrogens is 2120 g/mol. The second kappa shape index (κ2) is 39.9. The molecule has 6 aliphatic rings. The van der Waals surface area contributed by atoms with Gasteiger partial charge in [0.05, 0.1) is 45.7 Å². The van der Waals surface area contributed by atoms with E-state index in [1.807, 2.05) is 109 Å². The lowest BCUT2D eigenvalue weighted by atomic mass is 9.76. The van der Waals surface area contributed by atoms with Crippen LogP contribution < -0.4 is 58.0 Å². The van der Waals surface area contributed by atoms with Crippen LogP contribution in [0.5, 0.6) is 46.0 Å². The zero-order valence-electron chi connectivity index (χ0n) is 75.4. The maximum atomic E-state index is 16.3. The highest BCUT2D eigenvalue weighted by atomic mass is 32.2. The Bertz CT molecular complexity index is 7340. The third kappa shape index (κ3) is 19.1. The van der Waals surface area contributed by atoms with Gasteiger partial charge >= 0.3 is 74.4 Å². The lowest BCUT2D eigenvalue weighted by Crippen LogP contribution is -2.49. The average Bonchev–Trinajstić information content (AvgIpc) is 1.46. The number of rotatable bonds is 26. The number of ether oxygens (including phenoxy) is 4. The van der Waals surface area contributed by atoms with Crippen LogP contribution in [0.1, 0.15) is 100 Å². The normalized spacial score (nSPS) is 15.7. The van der Waals surface area contributed by atoms with Crippen LogP contribution in [-0.2, 0) is 61.1 Å². The van der Waals surface area contributed by atoms with Crippen molar-refractivity contribution in [2.75, 3.05) is 77.8 Å². The van der Waals surface area contributed by atoms with E-state index >= 15 is 35.1 Å². The molecule has 0 radical (unpaired) electrons. The van der Waals surface area contributed by atoms with E-state index < -0.39 is 249 Å². The van der Waals surface area contributed by atoms with E-state index in [4.69, 9.17) is 18.9 Å². The number of esters is 2. The van der Waals surface area contributed by atoms with Crippen LogP contribution in [0, 0.1) is 46.5 Å². The Morgan fingerprint density at radius 2 is 0.554 bits per heavy atom. The van der Waals surface area contributed by atoms with Crippen LogP contribution >= 0.6 is 14.5 Å². The van der Waals surface area contributed by atoms with Gasteiger partial charge in [-0.15, -0.1) is 0 Å². The number of carbonyl (C=O) groups excluding carboxylic acids is 4. The fourth-order valence-electron chi connectivity index (χ4n) is 18.7. The first kappa shape index (κ1) is 106. The van der Waals surface area contributed by atoms with E-state index in [0.29, 0.717) is 39.3 Å². The van der Waals surface area contributed by atoms with Gasteiger partial charge in [0, 0.05) is 74.6 Å². The van der Waals surface area contributed by atoms with Gasteiger partial charge in [-0.05, 0) is 166 Å². The summed E-state index contributed by atoms with van der Waals surface area (Å²) in [5.74, 6) is -39.4. The van der Waals surface area contributed by atoms with E-state index in [-0.39, 0.29) is 61.6 Å². The number of fused-ring (bicyclic) bond motifs is 12. The summed E-state index contributed by atoms with van der Waals surface area (Å²) < 4.78 is 419. The molecule has 12 aromatic rings. The molecule has 2 saturated heterocycles. The summed E-state index contributed by atoms with van der Waals surface area (Å²) in [7, 11) is -31.6. The Hall–Kier alpha value is -13.5. The topological polar surface area (TPSA) is 292 Å². The van der Waals surface area contributed by atoms with E-state index in [2.05, 4.69) is 99.3 Å². The molecule has 2 spiro atoms. The summed E-state index contributed by atoms with van der Waals surface area (Å²) >= 11 is 0. The molecule has 24 nitrogen and oxygen atoms in total. The summed E-state index contributed by atoms with van der Waals surface area (Å²) in [6.07, 6.45) is 5.13. The van der Waals surface area contributed by atoms with Gasteiger partial charge in [-0.3, -0.25) is 19.4 Å². The molecule has 18 rings (SSSR count). The first-order valence-corrected chi connectivity index (χ1v) is 53.8. The van der Waals surface area contributed by atoms with Crippen LogP contribution in [0.15, 0.2) is 243 Å². The first-order chi connectivity index (χ1) is 69.8. The average molecular weight is 2200 g/mol. The molecule has 50 heteroatoms. The zero-order chi connectivity index (χ0) is 106. The van der Waals surface area contributed by atoms with Gasteiger partial charge in [0.15, 0.2) is 57.5 Å². The quantitative estimate of drug-likeness (QED) is 0.0121. The van der Waals surface area contributed by atoms with Crippen molar-refractivity contribution in [3.05, 3.63) is 345 Å². The predicted molar refractivity (Wildman–Crippen MR) is 495 cm³/mol. The minimum absolute atomic E-state index is 0.0275. The number of benzene rings is 12. The van der Waals surface area contributed by atoms with Crippen LogP contribution in [0.25, 0.3) is 0 Å². The van der Waals surface area contributed by atoms with Crippen molar-refractivity contribution in [3.8, 4) is 46.0 Å². The Morgan fingerprint density at radius 1 is 0.304 bits per heavy atom. The number of carbonyl (C=O) groups is 4. The van der Waals surface area contributed by atoms with Crippen LogP contribution in [-0.4, -0.2) is 177 Å². The maximum Gasteiger partial charge on any atom is 0.534 e. The summed E-state index contributed by atoms with van der Waals surface area (Å²) in [5.41, 5.74) is -38.8. The number of nitrogens with zero attached hydrogens (tertiary/aromatic N) is 4. The highest BCUT2D eigenvalue weighted by Gasteiger charge is 2.62. The fourth-order valence-corrected chi connectivity index (χ4v) is 29.3. The van der Waals surface area contributed by atoms with Crippen molar-refractivity contribution < 1.29 is 176 Å². The molecule has 6 heterocycles. The van der Waals surface area contributed by atoms with E-state index in [1.54, 1.807) is 0 Å².